The summed E-state index contributed by atoms with van der Waals surface area (Å²) in [6.45, 7) is 1.60. The number of amidine groups is 1. The molecule has 3 rings (SSSR count). The molecule has 1 aromatic carbocycles. The van der Waals surface area contributed by atoms with Gasteiger partial charge in [-0.2, -0.15) is 29.9 Å². The molecule has 1 fully saturated rings. The lowest BCUT2D eigenvalue weighted by Gasteiger charge is -2.26. The molecule has 0 radical (unpaired) electrons. The Morgan fingerprint density at radius 3 is 2.57 bits per heavy atom. The summed E-state index contributed by atoms with van der Waals surface area (Å²) in [6, 6.07) is 5.23. The van der Waals surface area contributed by atoms with Gasteiger partial charge in [0.1, 0.15) is 0 Å². The third kappa shape index (κ3) is 3.74. The van der Waals surface area contributed by atoms with E-state index in [4.69, 9.17) is 0 Å². The molecule has 0 unspecified atom stereocenters. The molecule has 2 heterocycles. The van der Waals surface area contributed by atoms with Gasteiger partial charge < -0.3 is 4.90 Å². The summed E-state index contributed by atoms with van der Waals surface area (Å²) < 4.78 is 39.1. The van der Waals surface area contributed by atoms with Crippen LogP contribution >= 0.6 is 23.5 Å². The number of carbonyl (C=O) groups is 1. The summed E-state index contributed by atoms with van der Waals surface area (Å²) >= 11 is 2.99. The van der Waals surface area contributed by atoms with Crippen LogP contribution < -0.4 is 0 Å². The van der Waals surface area contributed by atoms with E-state index in [0.29, 0.717) is 5.17 Å². The molecule has 23 heavy (non-hydrogen) atoms. The van der Waals surface area contributed by atoms with Gasteiger partial charge in [0.05, 0.1) is 10.5 Å². The van der Waals surface area contributed by atoms with Crippen molar-refractivity contribution < 1.29 is 18.0 Å². The van der Waals surface area contributed by atoms with Gasteiger partial charge in [-0.15, -0.1) is 0 Å². The van der Waals surface area contributed by atoms with Crippen molar-refractivity contribution in [3.63, 3.8) is 0 Å². The number of aliphatic imine (C=N–C) groups is 1. The summed E-state index contributed by atoms with van der Waals surface area (Å²) in [6.07, 6.45) is -3.17. The Balaban J connectivity index is 1.84. The van der Waals surface area contributed by atoms with Crippen LogP contribution in [0.25, 0.3) is 6.08 Å². The molecule has 0 aromatic heterocycles. The Morgan fingerprint density at radius 1 is 1.17 bits per heavy atom. The fourth-order valence-electron chi connectivity index (χ4n) is 2.31. The minimum atomic E-state index is -4.45. The van der Waals surface area contributed by atoms with Crippen molar-refractivity contribution in [3.8, 4) is 0 Å². The first-order chi connectivity index (χ1) is 10.9. The smallest absolute Gasteiger partial charge is 0.349 e. The van der Waals surface area contributed by atoms with Crippen LogP contribution in [0.3, 0.4) is 0 Å². The maximum absolute atomic E-state index is 13.0. The van der Waals surface area contributed by atoms with Gasteiger partial charge in [-0.25, -0.2) is 0 Å². The SMILES string of the molecule is O=C1N=C(N2CCSCC2)S/C1=C/c1ccccc1C(F)(F)F. The molecule has 1 aromatic rings. The Bertz CT molecular complexity index is 680. The highest BCUT2D eigenvalue weighted by Gasteiger charge is 2.33. The van der Waals surface area contributed by atoms with Crippen LogP contribution in [0.4, 0.5) is 13.2 Å². The predicted octanol–water partition coefficient (Wildman–Crippen LogP) is 3.72. The average Bonchev–Trinajstić information content (AvgIpc) is 2.89. The van der Waals surface area contributed by atoms with Gasteiger partial charge in [0, 0.05) is 24.6 Å². The van der Waals surface area contributed by atoms with Crippen molar-refractivity contribution in [2.24, 2.45) is 4.99 Å². The van der Waals surface area contributed by atoms with Crippen molar-refractivity contribution in [2.45, 2.75) is 6.18 Å². The van der Waals surface area contributed by atoms with Crippen LogP contribution in [-0.2, 0) is 11.0 Å². The zero-order valence-electron chi connectivity index (χ0n) is 12.0. The zero-order valence-corrected chi connectivity index (χ0v) is 13.6. The van der Waals surface area contributed by atoms with Gasteiger partial charge in [-0.1, -0.05) is 18.2 Å². The topological polar surface area (TPSA) is 32.7 Å². The number of benzene rings is 1. The summed E-state index contributed by atoms with van der Waals surface area (Å²) in [4.78, 5) is 18.2. The second-order valence-corrected chi connectivity index (χ2v) is 7.23. The lowest BCUT2D eigenvalue weighted by Crippen LogP contribution is -2.35. The molecule has 0 saturated carbocycles. The van der Waals surface area contributed by atoms with Crippen LogP contribution in [0, 0.1) is 0 Å². The van der Waals surface area contributed by atoms with E-state index in [9.17, 15) is 18.0 Å². The molecule has 2 aliphatic rings. The molecule has 3 nitrogen and oxygen atoms in total. The second-order valence-electron chi connectivity index (χ2n) is 4.99. The first kappa shape index (κ1) is 16.4. The molecule has 0 bridgehead atoms. The number of hydrogen-bond donors (Lipinski definition) is 0. The molecule has 1 saturated heterocycles. The van der Waals surface area contributed by atoms with Crippen molar-refractivity contribution >= 4 is 40.7 Å². The lowest BCUT2D eigenvalue weighted by molar-refractivity contribution is -0.137. The van der Waals surface area contributed by atoms with Crippen LogP contribution in [0.1, 0.15) is 11.1 Å². The van der Waals surface area contributed by atoms with Crippen molar-refractivity contribution in [2.75, 3.05) is 24.6 Å². The van der Waals surface area contributed by atoms with E-state index in [1.54, 1.807) is 0 Å². The van der Waals surface area contributed by atoms with Crippen LogP contribution in [-0.4, -0.2) is 40.6 Å². The van der Waals surface area contributed by atoms with E-state index >= 15 is 0 Å². The molecule has 0 aliphatic carbocycles. The highest BCUT2D eigenvalue weighted by molar-refractivity contribution is 8.18. The Kier molecular flexibility index (Phi) is 4.72. The van der Waals surface area contributed by atoms with Crippen molar-refractivity contribution in [1.29, 1.82) is 0 Å². The number of hydrogen-bond acceptors (Lipinski definition) is 4. The fraction of sp³-hybridized carbons (Fsp3) is 0.333. The lowest BCUT2D eigenvalue weighted by atomic mass is 10.1. The monoisotopic (exact) mass is 358 g/mol. The quantitative estimate of drug-likeness (QED) is 0.716. The summed E-state index contributed by atoms with van der Waals surface area (Å²) in [7, 11) is 0. The van der Waals surface area contributed by atoms with Crippen LogP contribution in [0.15, 0.2) is 34.2 Å². The third-order valence-corrected chi connectivity index (χ3v) is 5.43. The minimum Gasteiger partial charge on any atom is -0.349 e. The number of rotatable bonds is 1. The molecule has 0 spiro atoms. The first-order valence-corrected chi connectivity index (χ1v) is 8.94. The normalized spacial score (nSPS) is 21.0. The average molecular weight is 358 g/mol. The van der Waals surface area contributed by atoms with Crippen LogP contribution in [0.2, 0.25) is 0 Å². The number of amides is 1. The first-order valence-electron chi connectivity index (χ1n) is 6.96. The standard InChI is InChI=1S/C15H13F3N2OS2/c16-15(17,18)11-4-2-1-3-10(11)9-12-13(21)19-14(23-12)20-5-7-22-8-6-20/h1-4,9H,5-8H2/b12-9+. The van der Waals surface area contributed by atoms with E-state index in [-0.39, 0.29) is 10.5 Å². The van der Waals surface area contributed by atoms with Gasteiger partial charge in [-0.3, -0.25) is 4.79 Å². The van der Waals surface area contributed by atoms with E-state index in [2.05, 4.69) is 4.99 Å². The summed E-state index contributed by atoms with van der Waals surface area (Å²) in [5.74, 6) is 1.45. The molecular formula is C15H13F3N2OS2. The zero-order chi connectivity index (χ0) is 16.4. The third-order valence-electron chi connectivity index (χ3n) is 3.44. The van der Waals surface area contributed by atoms with Crippen molar-refractivity contribution in [1.82, 2.24) is 4.90 Å². The number of nitrogens with zero attached hydrogens (tertiary/aromatic N) is 2. The van der Waals surface area contributed by atoms with E-state index in [1.807, 2.05) is 16.7 Å². The Hall–Kier alpha value is -1.41. The van der Waals surface area contributed by atoms with E-state index in [0.717, 1.165) is 42.4 Å². The fourth-order valence-corrected chi connectivity index (χ4v) is 4.17. The highest BCUT2D eigenvalue weighted by Crippen LogP contribution is 2.36. The number of thioether (sulfide) groups is 2. The molecular weight excluding hydrogens is 345 g/mol. The molecule has 122 valence electrons. The Morgan fingerprint density at radius 2 is 1.87 bits per heavy atom. The van der Waals surface area contributed by atoms with E-state index in [1.165, 1.54) is 24.3 Å². The van der Waals surface area contributed by atoms with E-state index < -0.39 is 17.6 Å². The molecule has 0 N–H and O–H groups in total. The largest absolute Gasteiger partial charge is 0.416 e. The highest BCUT2D eigenvalue weighted by atomic mass is 32.2. The predicted molar refractivity (Wildman–Crippen MR) is 88.4 cm³/mol. The Labute approximate surface area is 140 Å². The summed E-state index contributed by atoms with van der Waals surface area (Å²) in [5, 5.41) is 0.589. The van der Waals surface area contributed by atoms with Gasteiger partial charge in [0.15, 0.2) is 5.17 Å². The minimum absolute atomic E-state index is 0.0125. The molecule has 1 amide bonds. The number of halogens is 3. The van der Waals surface area contributed by atoms with Crippen molar-refractivity contribution in [3.05, 3.63) is 40.3 Å². The molecule has 2 aliphatic heterocycles. The second kappa shape index (κ2) is 6.60. The molecule has 8 heteroatoms. The van der Waals surface area contributed by atoms with Gasteiger partial charge >= 0.3 is 6.18 Å². The summed E-state index contributed by atoms with van der Waals surface area (Å²) in [5.41, 5.74) is -0.759. The number of carbonyl (C=O) groups excluding carboxylic acids is 1. The molecule has 0 atom stereocenters. The van der Waals surface area contributed by atoms with Gasteiger partial charge in [-0.05, 0) is 29.5 Å². The maximum atomic E-state index is 13.0. The maximum Gasteiger partial charge on any atom is 0.416 e. The number of alkyl halides is 3. The van der Waals surface area contributed by atoms with Gasteiger partial charge in [0.25, 0.3) is 5.91 Å². The van der Waals surface area contributed by atoms with Crippen LogP contribution in [0.5, 0.6) is 0 Å². The van der Waals surface area contributed by atoms with Gasteiger partial charge in [0.2, 0.25) is 0 Å².